The van der Waals surface area contributed by atoms with Crippen LogP contribution in [-0.4, -0.2) is 31.1 Å². The molecule has 1 aliphatic rings. The standard InChI is InChI=1S/C16H23F3N2/c1-12(20-15-7-4-9-21(2)10-8-15)13-5-3-6-14(11-13)16(17,18)19/h3,5-6,11-12,15,20H,4,7-10H2,1-2H3. The molecule has 0 aromatic heterocycles. The van der Waals surface area contributed by atoms with Crippen LogP contribution in [0, 0.1) is 0 Å². The van der Waals surface area contributed by atoms with E-state index in [-0.39, 0.29) is 6.04 Å². The molecule has 1 fully saturated rings. The van der Waals surface area contributed by atoms with Gasteiger partial charge in [-0.1, -0.05) is 12.1 Å². The lowest BCUT2D eigenvalue weighted by atomic mass is 10.0. The van der Waals surface area contributed by atoms with E-state index in [0.29, 0.717) is 11.6 Å². The van der Waals surface area contributed by atoms with Crippen molar-refractivity contribution in [1.82, 2.24) is 10.2 Å². The van der Waals surface area contributed by atoms with Crippen LogP contribution in [0.4, 0.5) is 13.2 Å². The SMILES string of the molecule is CC(NC1CCCN(C)CC1)c1cccc(C(F)(F)F)c1. The highest BCUT2D eigenvalue weighted by Crippen LogP contribution is 2.31. The number of nitrogens with one attached hydrogen (secondary N) is 1. The smallest absolute Gasteiger partial charge is 0.307 e. The maximum Gasteiger partial charge on any atom is 0.416 e. The van der Waals surface area contributed by atoms with Gasteiger partial charge in [0.25, 0.3) is 0 Å². The number of nitrogens with zero attached hydrogens (tertiary/aromatic N) is 1. The van der Waals surface area contributed by atoms with Crippen LogP contribution in [0.1, 0.15) is 43.4 Å². The molecule has 1 aliphatic heterocycles. The van der Waals surface area contributed by atoms with E-state index in [0.717, 1.165) is 38.4 Å². The van der Waals surface area contributed by atoms with E-state index in [1.54, 1.807) is 6.07 Å². The maximum atomic E-state index is 12.8. The summed E-state index contributed by atoms with van der Waals surface area (Å²) in [5, 5.41) is 3.48. The zero-order valence-electron chi connectivity index (χ0n) is 12.6. The summed E-state index contributed by atoms with van der Waals surface area (Å²) in [4.78, 5) is 2.30. The molecule has 2 rings (SSSR count). The number of rotatable bonds is 3. The van der Waals surface area contributed by atoms with Gasteiger partial charge in [0, 0.05) is 12.1 Å². The van der Waals surface area contributed by atoms with E-state index in [1.165, 1.54) is 12.1 Å². The van der Waals surface area contributed by atoms with E-state index in [4.69, 9.17) is 0 Å². The molecule has 2 atom stereocenters. The lowest BCUT2D eigenvalue weighted by Crippen LogP contribution is -2.32. The first-order valence-corrected chi connectivity index (χ1v) is 7.48. The highest BCUT2D eigenvalue weighted by molar-refractivity contribution is 5.27. The van der Waals surface area contributed by atoms with Gasteiger partial charge < -0.3 is 10.2 Å². The summed E-state index contributed by atoms with van der Waals surface area (Å²) in [6.45, 7) is 4.06. The van der Waals surface area contributed by atoms with Crippen molar-refractivity contribution in [3.63, 3.8) is 0 Å². The van der Waals surface area contributed by atoms with Gasteiger partial charge in [0.1, 0.15) is 0 Å². The molecule has 1 N–H and O–H groups in total. The van der Waals surface area contributed by atoms with Crippen LogP contribution in [0.3, 0.4) is 0 Å². The highest BCUT2D eigenvalue weighted by atomic mass is 19.4. The van der Waals surface area contributed by atoms with E-state index < -0.39 is 11.7 Å². The van der Waals surface area contributed by atoms with Crippen LogP contribution < -0.4 is 5.32 Å². The molecular formula is C16H23F3N2. The second-order valence-corrected chi connectivity index (χ2v) is 5.94. The third-order valence-electron chi connectivity index (χ3n) is 4.15. The lowest BCUT2D eigenvalue weighted by molar-refractivity contribution is -0.137. The Hall–Kier alpha value is -1.07. The average molecular weight is 300 g/mol. The Bertz CT molecular complexity index is 459. The van der Waals surface area contributed by atoms with Crippen molar-refractivity contribution in [2.24, 2.45) is 0 Å². The summed E-state index contributed by atoms with van der Waals surface area (Å²) in [6, 6.07) is 5.92. The minimum atomic E-state index is -4.28. The number of halogens is 3. The van der Waals surface area contributed by atoms with E-state index in [1.807, 2.05) is 6.92 Å². The van der Waals surface area contributed by atoms with Crippen molar-refractivity contribution in [2.45, 2.75) is 44.4 Å². The summed E-state index contributed by atoms with van der Waals surface area (Å²) < 4.78 is 38.3. The molecule has 1 heterocycles. The quantitative estimate of drug-likeness (QED) is 0.912. The molecule has 0 bridgehead atoms. The second kappa shape index (κ2) is 6.79. The molecule has 0 saturated carbocycles. The molecule has 5 heteroatoms. The van der Waals surface area contributed by atoms with Crippen molar-refractivity contribution in [2.75, 3.05) is 20.1 Å². The Labute approximate surface area is 124 Å². The molecule has 1 aromatic rings. The van der Waals surface area contributed by atoms with Crippen molar-refractivity contribution in [3.05, 3.63) is 35.4 Å². The van der Waals surface area contributed by atoms with Crippen LogP contribution in [-0.2, 0) is 6.18 Å². The van der Waals surface area contributed by atoms with E-state index >= 15 is 0 Å². The molecular weight excluding hydrogens is 277 g/mol. The molecule has 21 heavy (non-hydrogen) atoms. The second-order valence-electron chi connectivity index (χ2n) is 5.94. The van der Waals surface area contributed by atoms with Crippen LogP contribution >= 0.6 is 0 Å². The normalized spacial score (nSPS) is 22.8. The van der Waals surface area contributed by atoms with Crippen LogP contribution in [0.5, 0.6) is 0 Å². The Morgan fingerprint density at radius 1 is 1.24 bits per heavy atom. The Morgan fingerprint density at radius 3 is 2.71 bits per heavy atom. The topological polar surface area (TPSA) is 15.3 Å². The van der Waals surface area contributed by atoms with Crippen molar-refractivity contribution in [1.29, 1.82) is 0 Å². The minimum Gasteiger partial charge on any atom is -0.307 e. The van der Waals surface area contributed by atoms with Crippen molar-refractivity contribution in [3.8, 4) is 0 Å². The Morgan fingerprint density at radius 2 is 2.00 bits per heavy atom. The first-order valence-electron chi connectivity index (χ1n) is 7.48. The molecule has 2 unspecified atom stereocenters. The van der Waals surface area contributed by atoms with Crippen LogP contribution in [0.25, 0.3) is 0 Å². The molecule has 2 nitrogen and oxygen atoms in total. The van der Waals surface area contributed by atoms with E-state index in [9.17, 15) is 13.2 Å². The van der Waals surface area contributed by atoms with Gasteiger partial charge in [0.15, 0.2) is 0 Å². The molecule has 0 aliphatic carbocycles. The summed E-state index contributed by atoms with van der Waals surface area (Å²) >= 11 is 0. The zero-order valence-corrected chi connectivity index (χ0v) is 12.6. The van der Waals surface area contributed by atoms with Gasteiger partial charge in [-0.3, -0.25) is 0 Å². The van der Waals surface area contributed by atoms with Gasteiger partial charge in [-0.2, -0.15) is 13.2 Å². The van der Waals surface area contributed by atoms with Gasteiger partial charge >= 0.3 is 6.18 Å². The fraction of sp³-hybridized carbons (Fsp3) is 0.625. The molecule has 0 spiro atoms. The molecule has 1 aromatic carbocycles. The summed E-state index contributed by atoms with van der Waals surface area (Å²) in [6.07, 6.45) is -1.03. The van der Waals surface area contributed by atoms with Crippen LogP contribution in [0.2, 0.25) is 0 Å². The van der Waals surface area contributed by atoms with Crippen LogP contribution in [0.15, 0.2) is 24.3 Å². The number of benzene rings is 1. The molecule has 0 radical (unpaired) electrons. The Kier molecular flexibility index (Phi) is 5.27. The lowest BCUT2D eigenvalue weighted by Gasteiger charge is -2.23. The average Bonchev–Trinajstić information content (AvgIpc) is 2.63. The molecule has 118 valence electrons. The summed E-state index contributed by atoms with van der Waals surface area (Å²) in [5.74, 6) is 0. The predicted molar refractivity (Wildman–Crippen MR) is 78.1 cm³/mol. The van der Waals surface area contributed by atoms with Crippen molar-refractivity contribution < 1.29 is 13.2 Å². The Balaban J connectivity index is 2.01. The number of hydrogen-bond donors (Lipinski definition) is 1. The fourth-order valence-electron chi connectivity index (χ4n) is 2.84. The fourth-order valence-corrected chi connectivity index (χ4v) is 2.84. The summed E-state index contributed by atoms with van der Waals surface area (Å²) in [7, 11) is 2.11. The predicted octanol–water partition coefficient (Wildman–Crippen LogP) is 3.84. The first kappa shape index (κ1) is 16.3. The number of likely N-dealkylation sites (tertiary alicyclic amines) is 1. The van der Waals surface area contributed by atoms with Gasteiger partial charge in [-0.05, 0) is 64.0 Å². The van der Waals surface area contributed by atoms with Gasteiger partial charge in [0.2, 0.25) is 0 Å². The monoisotopic (exact) mass is 300 g/mol. The minimum absolute atomic E-state index is 0.0688. The molecule has 1 saturated heterocycles. The zero-order chi connectivity index (χ0) is 15.5. The number of hydrogen-bond acceptors (Lipinski definition) is 2. The van der Waals surface area contributed by atoms with E-state index in [2.05, 4.69) is 17.3 Å². The highest BCUT2D eigenvalue weighted by Gasteiger charge is 2.30. The van der Waals surface area contributed by atoms with Gasteiger partial charge in [-0.15, -0.1) is 0 Å². The molecule has 0 amide bonds. The summed E-state index contributed by atoms with van der Waals surface area (Å²) in [5.41, 5.74) is 0.122. The number of alkyl halides is 3. The maximum absolute atomic E-state index is 12.8. The third-order valence-corrected chi connectivity index (χ3v) is 4.15. The first-order chi connectivity index (χ1) is 9.86. The largest absolute Gasteiger partial charge is 0.416 e. The van der Waals surface area contributed by atoms with Gasteiger partial charge in [0.05, 0.1) is 5.56 Å². The van der Waals surface area contributed by atoms with Crippen molar-refractivity contribution >= 4 is 0 Å². The third kappa shape index (κ3) is 4.71. The van der Waals surface area contributed by atoms with Gasteiger partial charge in [-0.25, -0.2) is 0 Å².